The molecular weight excluding hydrogens is 528 g/mol. The Hall–Kier alpha value is -3.65. The van der Waals surface area contributed by atoms with Crippen LogP contribution in [-0.2, 0) is 9.53 Å². The number of piperazine rings is 1. The fraction of sp³-hybridized carbons (Fsp3) is 0.552. The van der Waals surface area contributed by atoms with Gasteiger partial charge >= 0.3 is 6.09 Å². The zero-order valence-corrected chi connectivity index (χ0v) is 24.5. The molecule has 3 amide bonds. The SMILES string of the molecule is CC(CCNC(=O)c1ccc(-c2csc(N3CCN(C(=O)OC(C)(C)C)CC3)n2)cc1)CC(=O)NC1(C#N)CC1. The topological polar surface area (TPSA) is 128 Å². The number of hydrogen-bond donors (Lipinski definition) is 2. The van der Waals surface area contributed by atoms with Crippen LogP contribution in [0.3, 0.4) is 0 Å². The summed E-state index contributed by atoms with van der Waals surface area (Å²) in [6, 6.07) is 9.53. The van der Waals surface area contributed by atoms with Gasteiger partial charge in [-0.1, -0.05) is 19.1 Å². The van der Waals surface area contributed by atoms with Crippen LogP contribution in [0.25, 0.3) is 11.3 Å². The first-order valence-corrected chi connectivity index (χ1v) is 14.6. The molecule has 40 heavy (non-hydrogen) atoms. The molecule has 1 aromatic heterocycles. The molecule has 2 aliphatic rings. The first-order valence-electron chi connectivity index (χ1n) is 13.8. The Morgan fingerprint density at radius 2 is 1.82 bits per heavy atom. The first kappa shape index (κ1) is 29.3. The van der Waals surface area contributed by atoms with Gasteiger partial charge in [-0.3, -0.25) is 9.59 Å². The minimum Gasteiger partial charge on any atom is -0.444 e. The summed E-state index contributed by atoms with van der Waals surface area (Å²) in [6.45, 7) is 10.6. The van der Waals surface area contributed by atoms with Crippen LogP contribution in [-0.4, -0.2) is 71.7 Å². The van der Waals surface area contributed by atoms with E-state index in [-0.39, 0.29) is 23.8 Å². The van der Waals surface area contributed by atoms with Gasteiger partial charge in [-0.25, -0.2) is 9.78 Å². The number of rotatable bonds is 9. The van der Waals surface area contributed by atoms with E-state index in [1.165, 1.54) is 0 Å². The molecule has 1 saturated carbocycles. The van der Waals surface area contributed by atoms with Crippen LogP contribution in [0.2, 0.25) is 0 Å². The number of carbonyl (C=O) groups is 3. The number of amides is 3. The lowest BCUT2D eigenvalue weighted by atomic mass is 10.0. The zero-order valence-electron chi connectivity index (χ0n) is 23.7. The maximum absolute atomic E-state index is 12.6. The normalized spacial score (nSPS) is 17.0. The van der Waals surface area contributed by atoms with Gasteiger partial charge in [0.2, 0.25) is 5.91 Å². The molecule has 0 spiro atoms. The molecule has 214 valence electrons. The van der Waals surface area contributed by atoms with Crippen LogP contribution < -0.4 is 15.5 Å². The maximum Gasteiger partial charge on any atom is 0.410 e. The summed E-state index contributed by atoms with van der Waals surface area (Å²) in [5.74, 6) is -0.176. The van der Waals surface area contributed by atoms with Gasteiger partial charge in [0.05, 0.1) is 11.8 Å². The predicted octanol–water partition coefficient (Wildman–Crippen LogP) is 4.19. The van der Waals surface area contributed by atoms with E-state index in [0.29, 0.717) is 51.1 Å². The van der Waals surface area contributed by atoms with Crippen molar-refractivity contribution in [3.05, 3.63) is 35.2 Å². The van der Waals surface area contributed by atoms with Crippen LogP contribution in [0.5, 0.6) is 0 Å². The van der Waals surface area contributed by atoms with E-state index in [4.69, 9.17) is 15.0 Å². The number of nitrogens with one attached hydrogen (secondary N) is 2. The molecule has 2 aromatic rings. The quantitative estimate of drug-likeness (QED) is 0.466. The molecule has 1 aromatic carbocycles. The van der Waals surface area contributed by atoms with Crippen molar-refractivity contribution in [2.75, 3.05) is 37.6 Å². The highest BCUT2D eigenvalue weighted by Gasteiger charge is 2.44. The number of carbonyl (C=O) groups excluding carboxylic acids is 3. The summed E-state index contributed by atoms with van der Waals surface area (Å²) in [7, 11) is 0. The molecular formula is C29H38N6O4S. The van der Waals surface area contributed by atoms with Crippen molar-refractivity contribution in [3.63, 3.8) is 0 Å². The Morgan fingerprint density at radius 1 is 1.15 bits per heavy atom. The fourth-order valence-corrected chi connectivity index (χ4v) is 5.29. The lowest BCUT2D eigenvalue weighted by Gasteiger charge is -2.35. The van der Waals surface area contributed by atoms with E-state index in [1.807, 2.05) is 45.2 Å². The van der Waals surface area contributed by atoms with E-state index < -0.39 is 11.1 Å². The molecule has 1 atom stereocenters. The maximum atomic E-state index is 12.6. The van der Waals surface area contributed by atoms with Gasteiger partial charge in [0.15, 0.2) is 5.13 Å². The standard InChI is InChI=1S/C29H38N6O4S/c1-20(17-24(36)33-29(19-30)10-11-29)9-12-31-25(37)22-7-5-21(6-8-22)23-18-40-26(32-23)34-13-15-35(16-14-34)27(38)39-28(2,3)4/h5-8,18,20H,9-17H2,1-4H3,(H,31,37)(H,33,36). The first-order chi connectivity index (χ1) is 19.0. The number of thiazole rings is 1. The average molecular weight is 567 g/mol. The van der Waals surface area contributed by atoms with Gasteiger partial charge in [0, 0.05) is 55.7 Å². The summed E-state index contributed by atoms with van der Waals surface area (Å²) in [4.78, 5) is 45.8. The molecule has 4 rings (SSSR count). The number of nitrogens with zero attached hydrogens (tertiary/aromatic N) is 4. The Balaban J connectivity index is 1.21. The highest BCUT2D eigenvalue weighted by atomic mass is 32.1. The van der Waals surface area contributed by atoms with Crippen molar-refractivity contribution in [1.82, 2.24) is 20.5 Å². The third-order valence-electron chi connectivity index (χ3n) is 6.94. The summed E-state index contributed by atoms with van der Waals surface area (Å²) < 4.78 is 5.48. The smallest absolute Gasteiger partial charge is 0.410 e. The number of anilines is 1. The molecule has 0 radical (unpaired) electrons. The summed E-state index contributed by atoms with van der Waals surface area (Å²) >= 11 is 1.56. The fourth-order valence-electron chi connectivity index (χ4n) is 4.40. The molecule has 10 nitrogen and oxygen atoms in total. The highest BCUT2D eigenvalue weighted by molar-refractivity contribution is 7.14. The second-order valence-corrected chi connectivity index (χ2v) is 12.5. The molecule has 2 heterocycles. The van der Waals surface area contributed by atoms with Crippen molar-refractivity contribution in [2.45, 2.75) is 64.5 Å². The van der Waals surface area contributed by atoms with Crippen molar-refractivity contribution in [3.8, 4) is 17.3 Å². The zero-order chi connectivity index (χ0) is 28.9. The van der Waals surface area contributed by atoms with E-state index in [9.17, 15) is 14.4 Å². The van der Waals surface area contributed by atoms with Gasteiger partial charge < -0.3 is 25.2 Å². The van der Waals surface area contributed by atoms with Crippen molar-refractivity contribution in [2.24, 2.45) is 5.92 Å². The van der Waals surface area contributed by atoms with Crippen molar-refractivity contribution in [1.29, 1.82) is 5.26 Å². The third kappa shape index (κ3) is 7.94. The lowest BCUT2D eigenvalue weighted by molar-refractivity contribution is -0.122. The minimum atomic E-state index is -0.643. The van der Waals surface area contributed by atoms with Gasteiger partial charge in [-0.15, -0.1) is 11.3 Å². The summed E-state index contributed by atoms with van der Waals surface area (Å²) in [6.07, 6.45) is 2.16. The van der Waals surface area contributed by atoms with Crippen LogP contribution >= 0.6 is 11.3 Å². The molecule has 1 aliphatic carbocycles. The molecule has 11 heteroatoms. The second kappa shape index (κ2) is 12.3. The third-order valence-corrected chi connectivity index (χ3v) is 7.84. The average Bonchev–Trinajstić information content (AvgIpc) is 3.50. The number of ether oxygens (including phenoxy) is 1. The Morgan fingerprint density at radius 3 is 2.42 bits per heavy atom. The molecule has 1 unspecified atom stereocenters. The molecule has 2 fully saturated rings. The van der Waals surface area contributed by atoms with Gasteiger partial charge in [-0.05, 0) is 58.1 Å². The Kier molecular flexibility index (Phi) is 8.98. The summed E-state index contributed by atoms with van der Waals surface area (Å²) in [5, 5.41) is 17.8. The van der Waals surface area contributed by atoms with Crippen LogP contribution in [0.1, 0.15) is 63.7 Å². The van der Waals surface area contributed by atoms with E-state index in [1.54, 1.807) is 28.4 Å². The molecule has 1 aliphatic heterocycles. The van der Waals surface area contributed by atoms with Crippen LogP contribution in [0, 0.1) is 17.2 Å². The Bertz CT molecular complexity index is 1250. The molecule has 0 bridgehead atoms. The predicted molar refractivity (Wildman–Crippen MR) is 154 cm³/mol. The number of hydrogen-bond acceptors (Lipinski definition) is 8. The largest absolute Gasteiger partial charge is 0.444 e. The van der Waals surface area contributed by atoms with E-state index in [0.717, 1.165) is 29.2 Å². The van der Waals surface area contributed by atoms with E-state index >= 15 is 0 Å². The minimum absolute atomic E-state index is 0.0938. The van der Waals surface area contributed by atoms with E-state index in [2.05, 4.69) is 21.6 Å². The van der Waals surface area contributed by atoms with Crippen LogP contribution in [0.15, 0.2) is 29.6 Å². The Labute approximate surface area is 239 Å². The van der Waals surface area contributed by atoms with Gasteiger partial charge in [0.1, 0.15) is 11.1 Å². The monoisotopic (exact) mass is 566 g/mol. The molecule has 1 saturated heterocycles. The molecule has 2 N–H and O–H groups in total. The summed E-state index contributed by atoms with van der Waals surface area (Å²) in [5.41, 5.74) is 1.18. The number of aromatic nitrogens is 1. The number of benzene rings is 1. The van der Waals surface area contributed by atoms with Gasteiger partial charge in [0.25, 0.3) is 5.91 Å². The van der Waals surface area contributed by atoms with Gasteiger partial charge in [-0.2, -0.15) is 5.26 Å². The highest BCUT2D eigenvalue weighted by Crippen LogP contribution is 2.34. The van der Waals surface area contributed by atoms with Crippen molar-refractivity contribution < 1.29 is 19.1 Å². The van der Waals surface area contributed by atoms with Crippen molar-refractivity contribution >= 4 is 34.4 Å². The van der Waals surface area contributed by atoms with Crippen LogP contribution in [0.4, 0.5) is 9.93 Å². The lowest BCUT2D eigenvalue weighted by Crippen LogP contribution is -2.50. The number of nitriles is 1. The second-order valence-electron chi connectivity index (χ2n) is 11.6.